The SMILES string of the molecule is CCCCOCCN(C(=O)CCC1CCNC1)c1cccc(Br)c1. The molecule has 0 spiro atoms. The van der Waals surface area contributed by atoms with Crippen molar-refractivity contribution in [1.29, 1.82) is 0 Å². The number of halogens is 1. The number of benzene rings is 1. The lowest BCUT2D eigenvalue weighted by molar-refractivity contribution is -0.119. The van der Waals surface area contributed by atoms with E-state index in [4.69, 9.17) is 4.74 Å². The molecule has 24 heavy (non-hydrogen) atoms. The lowest BCUT2D eigenvalue weighted by atomic mass is 10.0. The summed E-state index contributed by atoms with van der Waals surface area (Å²) in [6.45, 7) is 6.25. The second-order valence-corrected chi connectivity index (χ2v) is 7.30. The van der Waals surface area contributed by atoms with Crippen LogP contribution in [0.2, 0.25) is 0 Å². The number of amides is 1. The summed E-state index contributed by atoms with van der Waals surface area (Å²) in [5.41, 5.74) is 0.943. The second-order valence-electron chi connectivity index (χ2n) is 6.39. The third-order valence-electron chi connectivity index (χ3n) is 4.45. The van der Waals surface area contributed by atoms with Crippen LogP contribution in [0.5, 0.6) is 0 Å². The maximum atomic E-state index is 12.8. The van der Waals surface area contributed by atoms with Gasteiger partial charge in [-0.1, -0.05) is 35.3 Å². The first-order chi connectivity index (χ1) is 11.7. The molecule has 4 nitrogen and oxygen atoms in total. The van der Waals surface area contributed by atoms with Crippen molar-refractivity contribution in [2.24, 2.45) is 5.92 Å². The fourth-order valence-corrected chi connectivity index (χ4v) is 3.36. The molecule has 1 aliphatic rings. The smallest absolute Gasteiger partial charge is 0.227 e. The summed E-state index contributed by atoms with van der Waals surface area (Å²) in [6, 6.07) is 7.94. The van der Waals surface area contributed by atoms with Gasteiger partial charge >= 0.3 is 0 Å². The summed E-state index contributed by atoms with van der Waals surface area (Å²) in [6.07, 6.45) is 4.95. The Morgan fingerprint density at radius 3 is 3.00 bits per heavy atom. The van der Waals surface area contributed by atoms with E-state index in [1.807, 2.05) is 29.2 Å². The van der Waals surface area contributed by atoms with Gasteiger partial charge in [-0.05, 0) is 56.5 Å². The molecule has 1 N–H and O–H groups in total. The van der Waals surface area contributed by atoms with Crippen molar-refractivity contribution in [1.82, 2.24) is 5.32 Å². The first kappa shape index (κ1) is 19.4. The molecule has 1 aliphatic heterocycles. The van der Waals surface area contributed by atoms with E-state index in [-0.39, 0.29) is 5.91 Å². The fourth-order valence-electron chi connectivity index (χ4n) is 2.97. The summed E-state index contributed by atoms with van der Waals surface area (Å²) >= 11 is 3.50. The van der Waals surface area contributed by atoms with Gasteiger partial charge < -0.3 is 15.0 Å². The number of carbonyl (C=O) groups is 1. The minimum Gasteiger partial charge on any atom is -0.380 e. The third-order valence-corrected chi connectivity index (χ3v) is 4.94. The Balaban J connectivity index is 1.91. The van der Waals surface area contributed by atoms with Gasteiger partial charge in [-0.25, -0.2) is 0 Å². The summed E-state index contributed by atoms with van der Waals surface area (Å²) in [5.74, 6) is 0.832. The molecule has 0 saturated carbocycles. The Bertz CT molecular complexity index is 504. The number of ether oxygens (including phenoxy) is 1. The molecule has 1 fully saturated rings. The van der Waals surface area contributed by atoms with Crippen LogP contribution in [0.25, 0.3) is 0 Å². The van der Waals surface area contributed by atoms with Gasteiger partial charge in [-0.2, -0.15) is 0 Å². The van der Waals surface area contributed by atoms with E-state index in [0.29, 0.717) is 25.5 Å². The summed E-state index contributed by atoms with van der Waals surface area (Å²) in [7, 11) is 0. The molecular formula is C19H29BrN2O2. The van der Waals surface area contributed by atoms with Gasteiger partial charge in [0, 0.05) is 29.7 Å². The van der Waals surface area contributed by atoms with Crippen molar-refractivity contribution in [3.05, 3.63) is 28.7 Å². The monoisotopic (exact) mass is 396 g/mol. The maximum Gasteiger partial charge on any atom is 0.227 e. The molecule has 1 saturated heterocycles. The van der Waals surface area contributed by atoms with Crippen molar-refractivity contribution in [2.75, 3.05) is 37.7 Å². The molecule has 1 atom stereocenters. The van der Waals surface area contributed by atoms with Crippen LogP contribution in [0.15, 0.2) is 28.7 Å². The number of nitrogens with zero attached hydrogens (tertiary/aromatic N) is 1. The minimum absolute atomic E-state index is 0.194. The van der Waals surface area contributed by atoms with E-state index < -0.39 is 0 Å². The summed E-state index contributed by atoms with van der Waals surface area (Å²) in [5, 5.41) is 3.37. The molecule has 1 amide bonds. The quantitative estimate of drug-likeness (QED) is 0.607. The maximum absolute atomic E-state index is 12.8. The average molecular weight is 397 g/mol. The van der Waals surface area contributed by atoms with Gasteiger partial charge in [0.25, 0.3) is 0 Å². The predicted octanol–water partition coefficient (Wildman–Crippen LogP) is 3.99. The lowest BCUT2D eigenvalue weighted by Crippen LogP contribution is -2.34. The van der Waals surface area contributed by atoms with Crippen LogP contribution in [-0.4, -0.2) is 38.8 Å². The van der Waals surface area contributed by atoms with Gasteiger partial charge in [-0.3, -0.25) is 4.79 Å². The number of hydrogen-bond donors (Lipinski definition) is 1. The van der Waals surface area contributed by atoms with Crippen molar-refractivity contribution < 1.29 is 9.53 Å². The van der Waals surface area contributed by atoms with Crippen molar-refractivity contribution in [2.45, 2.75) is 39.0 Å². The van der Waals surface area contributed by atoms with E-state index in [9.17, 15) is 4.79 Å². The van der Waals surface area contributed by atoms with Crippen LogP contribution in [0.3, 0.4) is 0 Å². The Hall–Kier alpha value is -0.910. The van der Waals surface area contributed by atoms with Crippen LogP contribution >= 0.6 is 15.9 Å². The first-order valence-corrected chi connectivity index (χ1v) is 9.84. The van der Waals surface area contributed by atoms with E-state index in [0.717, 1.165) is 49.1 Å². The number of rotatable bonds is 10. The van der Waals surface area contributed by atoms with Gasteiger partial charge in [0.2, 0.25) is 5.91 Å². The number of nitrogens with one attached hydrogen (secondary N) is 1. The Morgan fingerprint density at radius 2 is 2.29 bits per heavy atom. The first-order valence-electron chi connectivity index (χ1n) is 9.05. The standard InChI is InChI=1S/C19H29BrN2O2/c1-2-3-12-24-13-11-22(18-6-4-5-17(20)14-18)19(23)8-7-16-9-10-21-15-16/h4-6,14,16,21H,2-3,7-13,15H2,1H3. The van der Waals surface area contributed by atoms with Gasteiger partial charge in [-0.15, -0.1) is 0 Å². The molecule has 1 aromatic rings. The molecule has 134 valence electrons. The molecule has 2 rings (SSSR count). The molecule has 1 heterocycles. The predicted molar refractivity (Wildman–Crippen MR) is 102 cm³/mol. The van der Waals surface area contributed by atoms with Gasteiger partial charge in [0.05, 0.1) is 6.61 Å². The minimum atomic E-state index is 0.194. The zero-order valence-corrected chi connectivity index (χ0v) is 16.2. The van der Waals surface area contributed by atoms with E-state index in [1.165, 1.54) is 6.42 Å². The molecule has 0 radical (unpaired) electrons. The number of unbranched alkanes of at least 4 members (excludes halogenated alkanes) is 1. The third kappa shape index (κ3) is 6.54. The molecular weight excluding hydrogens is 368 g/mol. The largest absolute Gasteiger partial charge is 0.380 e. The highest BCUT2D eigenvalue weighted by Gasteiger charge is 2.20. The van der Waals surface area contributed by atoms with Crippen molar-refractivity contribution in [3.63, 3.8) is 0 Å². The highest BCUT2D eigenvalue weighted by Crippen LogP contribution is 2.22. The van der Waals surface area contributed by atoms with Crippen molar-refractivity contribution in [3.8, 4) is 0 Å². The van der Waals surface area contributed by atoms with E-state index in [2.05, 4.69) is 28.2 Å². The zero-order chi connectivity index (χ0) is 17.2. The fraction of sp³-hybridized carbons (Fsp3) is 0.632. The number of anilines is 1. The molecule has 0 bridgehead atoms. The van der Waals surface area contributed by atoms with Crippen LogP contribution in [0, 0.1) is 5.92 Å². The molecule has 0 aromatic heterocycles. The highest BCUT2D eigenvalue weighted by molar-refractivity contribution is 9.10. The van der Waals surface area contributed by atoms with Crippen LogP contribution in [0.4, 0.5) is 5.69 Å². The lowest BCUT2D eigenvalue weighted by Gasteiger charge is -2.24. The number of hydrogen-bond acceptors (Lipinski definition) is 3. The molecule has 1 aromatic carbocycles. The Labute approximate surface area is 154 Å². The van der Waals surface area contributed by atoms with E-state index in [1.54, 1.807) is 0 Å². The Kier molecular flexibility index (Phi) is 8.78. The average Bonchev–Trinajstić information content (AvgIpc) is 3.09. The highest BCUT2D eigenvalue weighted by atomic mass is 79.9. The Morgan fingerprint density at radius 1 is 1.42 bits per heavy atom. The van der Waals surface area contributed by atoms with Crippen molar-refractivity contribution >= 4 is 27.5 Å². The van der Waals surface area contributed by atoms with Crippen LogP contribution in [0.1, 0.15) is 39.0 Å². The second kappa shape index (κ2) is 10.9. The molecule has 1 unspecified atom stereocenters. The van der Waals surface area contributed by atoms with Gasteiger partial charge in [0.1, 0.15) is 0 Å². The van der Waals surface area contributed by atoms with Crippen LogP contribution < -0.4 is 10.2 Å². The molecule has 5 heteroatoms. The number of carbonyl (C=O) groups excluding carboxylic acids is 1. The van der Waals surface area contributed by atoms with E-state index >= 15 is 0 Å². The summed E-state index contributed by atoms with van der Waals surface area (Å²) < 4.78 is 6.66. The van der Waals surface area contributed by atoms with Gasteiger partial charge in [0.15, 0.2) is 0 Å². The molecule has 0 aliphatic carbocycles. The summed E-state index contributed by atoms with van der Waals surface area (Å²) in [4.78, 5) is 14.6. The zero-order valence-electron chi connectivity index (χ0n) is 14.6. The van der Waals surface area contributed by atoms with Crippen LogP contribution in [-0.2, 0) is 9.53 Å². The normalized spacial score (nSPS) is 17.2. The topological polar surface area (TPSA) is 41.6 Å².